The average molecular weight is 258 g/mol. The van der Waals surface area contributed by atoms with Crippen LogP contribution in [0.1, 0.15) is 33.1 Å². The van der Waals surface area contributed by atoms with Gasteiger partial charge >= 0.3 is 0 Å². The molecule has 0 spiro atoms. The Morgan fingerprint density at radius 1 is 1.35 bits per heavy atom. The van der Waals surface area contributed by atoms with E-state index in [0.717, 1.165) is 13.0 Å². The van der Waals surface area contributed by atoms with Gasteiger partial charge in [0.2, 0.25) is 5.82 Å². The lowest BCUT2D eigenvalue weighted by Gasteiger charge is -2.29. The molecule has 5 heteroatoms. The van der Waals surface area contributed by atoms with E-state index in [0.29, 0.717) is 17.8 Å². The molecule has 17 heavy (non-hydrogen) atoms. The van der Waals surface area contributed by atoms with Crippen LogP contribution >= 0.6 is 11.6 Å². The molecule has 0 amide bonds. The molecule has 0 bridgehead atoms. The first kappa shape index (κ1) is 12.6. The Hall–Kier alpha value is -0.900. The topological polar surface area (TPSA) is 29.0 Å². The fourth-order valence-electron chi connectivity index (χ4n) is 2.36. The highest BCUT2D eigenvalue weighted by atomic mass is 35.5. The zero-order chi connectivity index (χ0) is 12.4. The molecular weight excluding hydrogens is 241 g/mol. The van der Waals surface area contributed by atoms with E-state index in [4.69, 9.17) is 11.6 Å². The van der Waals surface area contributed by atoms with E-state index in [1.165, 1.54) is 19.2 Å². The summed E-state index contributed by atoms with van der Waals surface area (Å²) in [5.41, 5.74) is 0. The number of nitrogens with zero attached hydrogens (tertiary/aromatic N) is 3. The van der Waals surface area contributed by atoms with Crippen LogP contribution in [0, 0.1) is 11.7 Å². The molecule has 0 unspecified atom stereocenters. The normalized spacial score (nSPS) is 25.8. The minimum absolute atomic E-state index is 0.0981. The third-order valence-corrected chi connectivity index (χ3v) is 3.62. The van der Waals surface area contributed by atoms with Crippen LogP contribution in [0.15, 0.2) is 6.33 Å². The third-order valence-electron chi connectivity index (χ3n) is 3.36. The fraction of sp³-hybridized carbons (Fsp3) is 0.667. The Balaban J connectivity index is 2.32. The molecule has 1 aliphatic heterocycles. The molecule has 0 radical (unpaired) electrons. The zero-order valence-electron chi connectivity index (χ0n) is 10.2. The molecule has 1 fully saturated rings. The summed E-state index contributed by atoms with van der Waals surface area (Å²) in [7, 11) is 0. The summed E-state index contributed by atoms with van der Waals surface area (Å²) in [6.07, 6.45) is 4.75. The number of hydrogen-bond donors (Lipinski definition) is 0. The van der Waals surface area contributed by atoms with Crippen molar-refractivity contribution in [3.8, 4) is 0 Å². The summed E-state index contributed by atoms with van der Waals surface area (Å²) in [6.45, 7) is 5.12. The largest absolute Gasteiger partial charge is 0.351 e. The summed E-state index contributed by atoms with van der Waals surface area (Å²) in [5, 5.41) is -0.0981. The maximum Gasteiger partial charge on any atom is 0.202 e. The van der Waals surface area contributed by atoms with Crippen LogP contribution in [-0.2, 0) is 0 Å². The second-order valence-electron chi connectivity index (χ2n) is 4.84. The molecule has 0 N–H and O–H groups in total. The maximum atomic E-state index is 13.9. The molecule has 94 valence electrons. The van der Waals surface area contributed by atoms with Crippen LogP contribution in [0.5, 0.6) is 0 Å². The molecule has 1 aromatic rings. The molecule has 1 saturated heterocycles. The van der Waals surface area contributed by atoms with Gasteiger partial charge in [0.1, 0.15) is 6.33 Å². The number of halogens is 2. The van der Waals surface area contributed by atoms with Crippen molar-refractivity contribution >= 4 is 17.4 Å². The Bertz CT molecular complexity index is 399. The quantitative estimate of drug-likeness (QED) is 0.723. The van der Waals surface area contributed by atoms with Crippen molar-refractivity contribution in [3.63, 3.8) is 0 Å². The summed E-state index contributed by atoms with van der Waals surface area (Å²) < 4.78 is 13.9. The Morgan fingerprint density at radius 3 is 2.88 bits per heavy atom. The third kappa shape index (κ3) is 2.68. The first-order chi connectivity index (χ1) is 8.09. The smallest absolute Gasteiger partial charge is 0.202 e. The van der Waals surface area contributed by atoms with Gasteiger partial charge in [0.25, 0.3) is 0 Å². The molecule has 2 atom stereocenters. The van der Waals surface area contributed by atoms with Gasteiger partial charge in [0, 0.05) is 12.6 Å². The Morgan fingerprint density at radius 2 is 2.12 bits per heavy atom. The zero-order valence-corrected chi connectivity index (χ0v) is 10.9. The number of hydrogen-bond acceptors (Lipinski definition) is 3. The highest BCUT2D eigenvalue weighted by Crippen LogP contribution is 2.28. The lowest BCUT2D eigenvalue weighted by atomic mass is 10.1. The lowest BCUT2D eigenvalue weighted by molar-refractivity contribution is 0.531. The van der Waals surface area contributed by atoms with Gasteiger partial charge in [0.15, 0.2) is 11.0 Å². The van der Waals surface area contributed by atoms with E-state index in [2.05, 4.69) is 23.8 Å². The van der Waals surface area contributed by atoms with Gasteiger partial charge in [-0.05, 0) is 25.7 Å². The fourth-order valence-corrected chi connectivity index (χ4v) is 2.49. The van der Waals surface area contributed by atoms with Gasteiger partial charge in [0.05, 0.1) is 0 Å². The van der Waals surface area contributed by atoms with Gasteiger partial charge < -0.3 is 4.90 Å². The highest BCUT2D eigenvalue weighted by Gasteiger charge is 2.25. The van der Waals surface area contributed by atoms with E-state index in [-0.39, 0.29) is 5.15 Å². The SMILES string of the molecule is C[C@H]1CCC[C@@H](C)N(c2ncnc(Cl)c2F)C1. The monoisotopic (exact) mass is 257 g/mol. The van der Waals surface area contributed by atoms with Gasteiger partial charge in [-0.2, -0.15) is 4.39 Å². The molecule has 2 heterocycles. The van der Waals surface area contributed by atoms with Gasteiger partial charge in [-0.25, -0.2) is 9.97 Å². The van der Waals surface area contributed by atoms with Crippen LogP contribution in [0.3, 0.4) is 0 Å². The summed E-state index contributed by atoms with van der Waals surface area (Å²) in [4.78, 5) is 9.71. The molecule has 1 aliphatic rings. The van der Waals surface area contributed by atoms with E-state index >= 15 is 0 Å². The minimum Gasteiger partial charge on any atom is -0.351 e. The van der Waals surface area contributed by atoms with E-state index in [9.17, 15) is 4.39 Å². The molecular formula is C12H17ClFN3. The number of rotatable bonds is 1. The molecule has 2 rings (SSSR count). The van der Waals surface area contributed by atoms with Gasteiger partial charge in [-0.1, -0.05) is 24.9 Å². The van der Waals surface area contributed by atoms with Crippen LogP contribution in [0.2, 0.25) is 5.15 Å². The van der Waals surface area contributed by atoms with Crippen molar-refractivity contribution in [1.29, 1.82) is 0 Å². The lowest BCUT2D eigenvalue weighted by Crippen LogP contribution is -2.36. The first-order valence-corrected chi connectivity index (χ1v) is 6.40. The number of aromatic nitrogens is 2. The van der Waals surface area contributed by atoms with Crippen LogP contribution < -0.4 is 4.90 Å². The molecule has 1 aromatic heterocycles. The first-order valence-electron chi connectivity index (χ1n) is 6.02. The second-order valence-corrected chi connectivity index (χ2v) is 5.20. The minimum atomic E-state index is -0.505. The van der Waals surface area contributed by atoms with Crippen molar-refractivity contribution < 1.29 is 4.39 Å². The van der Waals surface area contributed by atoms with E-state index in [1.807, 2.05) is 4.90 Å². The molecule has 0 saturated carbocycles. The predicted octanol–water partition coefficient (Wildman–Crippen LogP) is 3.28. The average Bonchev–Trinajstić information content (AvgIpc) is 2.45. The molecule has 0 aromatic carbocycles. The molecule has 3 nitrogen and oxygen atoms in total. The van der Waals surface area contributed by atoms with Crippen LogP contribution in [0.25, 0.3) is 0 Å². The van der Waals surface area contributed by atoms with Crippen molar-refractivity contribution in [2.75, 3.05) is 11.4 Å². The van der Waals surface area contributed by atoms with Crippen molar-refractivity contribution in [2.45, 2.75) is 39.2 Å². The van der Waals surface area contributed by atoms with Gasteiger partial charge in [-0.15, -0.1) is 0 Å². The van der Waals surface area contributed by atoms with E-state index < -0.39 is 5.82 Å². The highest BCUT2D eigenvalue weighted by molar-refractivity contribution is 6.29. The summed E-state index contributed by atoms with van der Waals surface area (Å²) in [6, 6.07) is 0.292. The predicted molar refractivity (Wildman–Crippen MR) is 66.8 cm³/mol. The number of anilines is 1. The van der Waals surface area contributed by atoms with Crippen LogP contribution in [0.4, 0.5) is 10.2 Å². The summed E-state index contributed by atoms with van der Waals surface area (Å²) >= 11 is 5.71. The molecule has 0 aliphatic carbocycles. The van der Waals surface area contributed by atoms with Crippen molar-refractivity contribution in [3.05, 3.63) is 17.3 Å². The van der Waals surface area contributed by atoms with Crippen LogP contribution in [-0.4, -0.2) is 22.6 Å². The second kappa shape index (κ2) is 5.17. The Kier molecular flexibility index (Phi) is 3.82. The Labute approximate surface area is 106 Å². The summed E-state index contributed by atoms with van der Waals surface area (Å²) in [5.74, 6) is 0.384. The standard InChI is InChI=1S/C12H17ClFN3/c1-8-4-3-5-9(2)17(6-8)12-10(14)11(13)15-7-16-12/h7-9H,3-6H2,1-2H3/t8-,9+/m0/s1. The van der Waals surface area contributed by atoms with Crippen molar-refractivity contribution in [2.24, 2.45) is 5.92 Å². The van der Waals surface area contributed by atoms with E-state index in [1.54, 1.807) is 0 Å². The maximum absolute atomic E-state index is 13.9. The van der Waals surface area contributed by atoms with Gasteiger partial charge in [-0.3, -0.25) is 0 Å². The van der Waals surface area contributed by atoms with Crippen molar-refractivity contribution in [1.82, 2.24) is 9.97 Å².